The molecule has 4 rings (SSSR count). The van der Waals surface area contributed by atoms with E-state index in [1.165, 1.54) is 0 Å². The molecule has 0 fully saturated rings. The summed E-state index contributed by atoms with van der Waals surface area (Å²) in [5.41, 5.74) is 3.17. The van der Waals surface area contributed by atoms with Gasteiger partial charge in [0.05, 0.1) is 21.1 Å². The third-order valence-electron chi connectivity index (χ3n) is 5.37. The number of nitrogens with one attached hydrogen (secondary N) is 2. The van der Waals surface area contributed by atoms with E-state index < -0.39 is 0 Å². The van der Waals surface area contributed by atoms with Gasteiger partial charge in [-0.25, -0.2) is 4.98 Å². The molecule has 6 heteroatoms. The van der Waals surface area contributed by atoms with Crippen molar-refractivity contribution in [2.24, 2.45) is 5.92 Å². The van der Waals surface area contributed by atoms with E-state index in [2.05, 4.69) is 28.9 Å². The number of fused-ring (bicyclic) bond motifs is 1. The molecule has 0 aliphatic heterocycles. The molecule has 0 radical (unpaired) electrons. The molecule has 2 unspecified atom stereocenters. The van der Waals surface area contributed by atoms with Gasteiger partial charge in [-0.3, -0.25) is 9.59 Å². The van der Waals surface area contributed by atoms with Crippen molar-refractivity contribution < 1.29 is 9.59 Å². The molecule has 1 aromatic heterocycles. The van der Waals surface area contributed by atoms with Crippen molar-refractivity contribution in [2.45, 2.75) is 25.7 Å². The third kappa shape index (κ3) is 3.93. The average Bonchev–Trinajstić information content (AvgIpc) is 3.18. The second-order valence-electron chi connectivity index (χ2n) is 7.27. The Bertz CT molecular complexity index is 1070. The zero-order valence-corrected chi connectivity index (χ0v) is 17.3. The first-order chi connectivity index (χ1) is 14.1. The number of amides is 2. The Hall–Kier alpha value is -2.99. The molecule has 2 atom stereocenters. The van der Waals surface area contributed by atoms with Crippen LogP contribution < -0.4 is 10.6 Å². The molecule has 2 amide bonds. The lowest BCUT2D eigenvalue weighted by Gasteiger charge is -2.26. The number of benzene rings is 2. The fourth-order valence-corrected chi connectivity index (χ4v) is 4.89. The van der Waals surface area contributed by atoms with Gasteiger partial charge in [0, 0.05) is 24.2 Å². The minimum Gasteiger partial charge on any atom is -0.355 e. The second-order valence-corrected chi connectivity index (χ2v) is 8.34. The summed E-state index contributed by atoms with van der Waals surface area (Å²) in [5, 5.41) is 6.70. The van der Waals surface area contributed by atoms with Gasteiger partial charge in [0.25, 0.3) is 5.91 Å². The highest BCUT2D eigenvalue weighted by molar-refractivity contribution is 7.18. The summed E-state index contributed by atoms with van der Waals surface area (Å²) in [5.74, 6) is -0.241. The van der Waals surface area contributed by atoms with Gasteiger partial charge >= 0.3 is 0 Å². The third-order valence-corrected chi connectivity index (χ3v) is 6.54. The second kappa shape index (κ2) is 8.17. The molecule has 148 valence electrons. The van der Waals surface area contributed by atoms with Crippen molar-refractivity contribution in [3.05, 3.63) is 70.8 Å². The molecule has 0 saturated carbocycles. The highest BCUT2D eigenvalue weighted by Gasteiger charge is 2.32. The van der Waals surface area contributed by atoms with Gasteiger partial charge < -0.3 is 10.6 Å². The van der Waals surface area contributed by atoms with E-state index in [0.717, 1.165) is 32.9 Å². The number of hydrogen-bond acceptors (Lipinski definition) is 4. The molecule has 0 saturated heterocycles. The number of para-hydroxylation sites is 1. The van der Waals surface area contributed by atoms with Gasteiger partial charge in [-0.1, -0.05) is 24.3 Å². The highest BCUT2D eigenvalue weighted by atomic mass is 32.1. The number of aromatic nitrogens is 1. The topological polar surface area (TPSA) is 71.1 Å². The minimum atomic E-state index is -0.168. The van der Waals surface area contributed by atoms with Gasteiger partial charge in [0.2, 0.25) is 5.91 Å². The van der Waals surface area contributed by atoms with Crippen LogP contribution in [0.2, 0.25) is 0 Å². The zero-order valence-electron chi connectivity index (χ0n) is 16.4. The number of hydrogen-bond donors (Lipinski definition) is 2. The van der Waals surface area contributed by atoms with Crippen LogP contribution >= 0.6 is 11.3 Å². The van der Waals surface area contributed by atoms with Crippen molar-refractivity contribution in [1.82, 2.24) is 10.3 Å². The number of carbonyl (C=O) groups is 2. The molecule has 1 aliphatic carbocycles. The molecular weight excluding hydrogens is 382 g/mol. The number of rotatable bonds is 4. The van der Waals surface area contributed by atoms with E-state index in [1.807, 2.05) is 25.1 Å². The summed E-state index contributed by atoms with van der Waals surface area (Å²) >= 11 is 1.67. The molecule has 3 aromatic rings. The number of allylic oxidation sites excluding steroid dienone is 2. The van der Waals surface area contributed by atoms with Crippen LogP contribution in [0, 0.1) is 12.8 Å². The number of nitrogens with zero attached hydrogens (tertiary/aromatic N) is 1. The quantitative estimate of drug-likeness (QED) is 0.621. The predicted octanol–water partition coefficient (Wildman–Crippen LogP) is 4.65. The lowest BCUT2D eigenvalue weighted by molar-refractivity contribution is -0.120. The Morgan fingerprint density at radius 1 is 1.10 bits per heavy atom. The Kier molecular flexibility index (Phi) is 5.45. The Morgan fingerprint density at radius 2 is 1.90 bits per heavy atom. The van der Waals surface area contributed by atoms with Crippen LogP contribution in [0.1, 0.15) is 39.7 Å². The Morgan fingerprint density at radius 3 is 2.66 bits per heavy atom. The summed E-state index contributed by atoms with van der Waals surface area (Å²) in [4.78, 5) is 29.7. The SMILES string of the molecule is CNC(=O)c1ccc(NC(=O)C2CC=CCC2c2nc3ccccc3s2)c(C)c1. The first-order valence-electron chi connectivity index (χ1n) is 9.71. The Balaban J connectivity index is 1.56. The van der Waals surface area contributed by atoms with Crippen molar-refractivity contribution in [2.75, 3.05) is 12.4 Å². The summed E-state index contributed by atoms with van der Waals surface area (Å²) in [7, 11) is 1.60. The predicted molar refractivity (Wildman–Crippen MR) is 117 cm³/mol. The molecule has 0 spiro atoms. The lowest BCUT2D eigenvalue weighted by atomic mass is 9.82. The molecule has 2 aromatic carbocycles. The van der Waals surface area contributed by atoms with E-state index in [-0.39, 0.29) is 23.7 Å². The van der Waals surface area contributed by atoms with Crippen LogP contribution in [-0.4, -0.2) is 23.8 Å². The molecule has 5 nitrogen and oxygen atoms in total. The number of carbonyl (C=O) groups excluding carboxylic acids is 2. The van der Waals surface area contributed by atoms with Gasteiger partial charge in [-0.15, -0.1) is 11.3 Å². The molecule has 2 N–H and O–H groups in total. The maximum Gasteiger partial charge on any atom is 0.251 e. The standard InChI is InChI=1S/C23H23N3O2S/c1-14-13-15(21(27)24-2)11-12-18(14)25-22(28)16-7-3-4-8-17(16)23-26-19-9-5-6-10-20(19)29-23/h3-6,9-13,16-17H,7-8H2,1-2H3,(H,24,27)(H,25,28). The fraction of sp³-hybridized carbons (Fsp3) is 0.261. The maximum atomic E-state index is 13.1. The average molecular weight is 406 g/mol. The lowest BCUT2D eigenvalue weighted by Crippen LogP contribution is -2.29. The molecule has 29 heavy (non-hydrogen) atoms. The normalized spacial score (nSPS) is 18.6. The molecule has 1 aliphatic rings. The molecule has 1 heterocycles. The van der Waals surface area contributed by atoms with E-state index in [0.29, 0.717) is 12.0 Å². The number of thiazole rings is 1. The first-order valence-corrected chi connectivity index (χ1v) is 10.5. The number of anilines is 1. The van der Waals surface area contributed by atoms with Crippen LogP contribution in [0.15, 0.2) is 54.6 Å². The summed E-state index contributed by atoms with van der Waals surface area (Å²) in [6, 6.07) is 13.4. The zero-order chi connectivity index (χ0) is 20.4. The maximum absolute atomic E-state index is 13.1. The van der Waals surface area contributed by atoms with Crippen LogP contribution in [0.25, 0.3) is 10.2 Å². The Labute approximate surface area is 173 Å². The molecular formula is C23H23N3O2S. The van der Waals surface area contributed by atoms with Gasteiger partial charge in [-0.2, -0.15) is 0 Å². The highest BCUT2D eigenvalue weighted by Crippen LogP contribution is 2.39. The monoisotopic (exact) mass is 405 g/mol. The molecule has 0 bridgehead atoms. The summed E-state index contributed by atoms with van der Waals surface area (Å²) in [6.45, 7) is 1.90. The fourth-order valence-electron chi connectivity index (χ4n) is 3.74. The van der Waals surface area contributed by atoms with E-state index >= 15 is 0 Å². The van der Waals surface area contributed by atoms with Gasteiger partial charge in [-0.05, 0) is 55.7 Å². The minimum absolute atomic E-state index is 0.00519. The first kappa shape index (κ1) is 19.3. The van der Waals surface area contributed by atoms with Crippen molar-refractivity contribution in [1.29, 1.82) is 0 Å². The number of aryl methyl sites for hydroxylation is 1. The van der Waals surface area contributed by atoms with Crippen LogP contribution in [0.3, 0.4) is 0 Å². The van der Waals surface area contributed by atoms with E-state index in [4.69, 9.17) is 4.98 Å². The van der Waals surface area contributed by atoms with Crippen molar-refractivity contribution >= 4 is 39.1 Å². The van der Waals surface area contributed by atoms with Gasteiger partial charge in [0.15, 0.2) is 0 Å². The van der Waals surface area contributed by atoms with Gasteiger partial charge in [0.1, 0.15) is 0 Å². The summed E-state index contributed by atoms with van der Waals surface area (Å²) in [6.07, 6.45) is 5.73. The smallest absolute Gasteiger partial charge is 0.251 e. The van der Waals surface area contributed by atoms with Crippen molar-refractivity contribution in [3.63, 3.8) is 0 Å². The largest absolute Gasteiger partial charge is 0.355 e. The van der Waals surface area contributed by atoms with Crippen LogP contribution in [0.4, 0.5) is 5.69 Å². The van der Waals surface area contributed by atoms with E-state index in [9.17, 15) is 9.59 Å². The van der Waals surface area contributed by atoms with E-state index in [1.54, 1.807) is 36.6 Å². The van der Waals surface area contributed by atoms with Crippen LogP contribution in [-0.2, 0) is 4.79 Å². The van der Waals surface area contributed by atoms with Crippen molar-refractivity contribution in [3.8, 4) is 0 Å². The van der Waals surface area contributed by atoms with Crippen LogP contribution in [0.5, 0.6) is 0 Å². The summed E-state index contributed by atoms with van der Waals surface area (Å²) < 4.78 is 1.15.